The molecule has 0 amide bonds. The number of fused-ring (bicyclic) bond motifs is 2. The van der Waals surface area contributed by atoms with E-state index in [0.29, 0.717) is 5.75 Å². The van der Waals surface area contributed by atoms with Crippen LogP contribution in [0.5, 0.6) is 28.7 Å². The van der Waals surface area contributed by atoms with Crippen LogP contribution in [0.3, 0.4) is 0 Å². The molecular weight excluding hydrogens is 304 g/mol. The van der Waals surface area contributed by atoms with Crippen LogP contribution in [0.15, 0.2) is 27.4 Å². The van der Waals surface area contributed by atoms with Crippen molar-refractivity contribution in [1.82, 2.24) is 0 Å². The predicted octanol–water partition coefficient (Wildman–Crippen LogP) is 2.38. The summed E-state index contributed by atoms with van der Waals surface area (Å²) < 4.78 is 21.4. The molecule has 0 radical (unpaired) electrons. The smallest absolute Gasteiger partial charge is 0.208 e. The highest BCUT2D eigenvalue weighted by molar-refractivity contribution is 5.99. The van der Waals surface area contributed by atoms with Gasteiger partial charge in [-0.05, 0) is 0 Å². The van der Waals surface area contributed by atoms with Gasteiger partial charge >= 0.3 is 0 Å². The van der Waals surface area contributed by atoms with Gasteiger partial charge in [0.1, 0.15) is 27.9 Å². The van der Waals surface area contributed by atoms with Crippen molar-refractivity contribution in [2.75, 3.05) is 21.3 Å². The molecule has 0 atom stereocenters. The van der Waals surface area contributed by atoms with Crippen LogP contribution in [0.1, 0.15) is 0 Å². The molecule has 0 unspecified atom stereocenters. The first-order valence-corrected chi connectivity index (χ1v) is 6.63. The molecule has 7 heteroatoms. The summed E-state index contributed by atoms with van der Waals surface area (Å²) in [5.74, 6) is 0.115. The number of hydrogen-bond acceptors (Lipinski definition) is 7. The molecule has 3 aromatic rings. The Morgan fingerprint density at radius 2 is 1.61 bits per heavy atom. The van der Waals surface area contributed by atoms with Gasteiger partial charge in [-0.25, -0.2) is 0 Å². The second kappa shape index (κ2) is 5.28. The van der Waals surface area contributed by atoms with E-state index in [1.54, 1.807) is 0 Å². The van der Waals surface area contributed by atoms with E-state index in [-0.39, 0.29) is 44.9 Å². The summed E-state index contributed by atoms with van der Waals surface area (Å²) >= 11 is 0. The van der Waals surface area contributed by atoms with E-state index in [1.807, 2.05) is 0 Å². The van der Waals surface area contributed by atoms with Crippen molar-refractivity contribution in [2.45, 2.75) is 0 Å². The van der Waals surface area contributed by atoms with Gasteiger partial charge in [0, 0.05) is 18.2 Å². The number of methoxy groups -OCH3 is 3. The molecule has 0 aliphatic heterocycles. The van der Waals surface area contributed by atoms with Gasteiger partial charge in [0.05, 0.1) is 21.3 Å². The topological polar surface area (TPSA) is 98.4 Å². The van der Waals surface area contributed by atoms with Crippen molar-refractivity contribution >= 4 is 21.9 Å². The van der Waals surface area contributed by atoms with Crippen LogP contribution in [0.2, 0.25) is 0 Å². The first-order chi connectivity index (χ1) is 11.0. The zero-order valence-electron chi connectivity index (χ0n) is 12.7. The normalized spacial score (nSPS) is 10.9. The van der Waals surface area contributed by atoms with Gasteiger partial charge in [-0.2, -0.15) is 0 Å². The monoisotopic (exact) mass is 318 g/mol. The van der Waals surface area contributed by atoms with Gasteiger partial charge in [0.2, 0.25) is 5.43 Å². The summed E-state index contributed by atoms with van der Waals surface area (Å²) in [5.41, 5.74) is -0.356. The molecular formula is C16H14O7. The maximum atomic E-state index is 12.8. The number of benzene rings is 2. The van der Waals surface area contributed by atoms with Crippen LogP contribution in [0, 0.1) is 0 Å². The largest absolute Gasteiger partial charge is 0.508 e. The van der Waals surface area contributed by atoms with Gasteiger partial charge in [-0.15, -0.1) is 0 Å². The molecule has 7 nitrogen and oxygen atoms in total. The predicted molar refractivity (Wildman–Crippen MR) is 83.0 cm³/mol. The van der Waals surface area contributed by atoms with Gasteiger partial charge in [0.15, 0.2) is 22.8 Å². The first-order valence-electron chi connectivity index (χ1n) is 6.63. The van der Waals surface area contributed by atoms with E-state index in [0.717, 1.165) is 6.07 Å². The molecule has 0 saturated heterocycles. The Morgan fingerprint density at radius 3 is 2.22 bits per heavy atom. The van der Waals surface area contributed by atoms with E-state index in [2.05, 4.69) is 0 Å². The number of rotatable bonds is 3. The highest BCUT2D eigenvalue weighted by atomic mass is 16.5. The molecule has 3 rings (SSSR count). The fourth-order valence-electron chi connectivity index (χ4n) is 2.54. The quantitative estimate of drug-likeness (QED) is 0.715. The van der Waals surface area contributed by atoms with Gasteiger partial charge in [-0.1, -0.05) is 0 Å². The number of aromatic hydroxyl groups is 2. The summed E-state index contributed by atoms with van der Waals surface area (Å²) in [6.07, 6.45) is 0. The summed E-state index contributed by atoms with van der Waals surface area (Å²) in [6, 6.07) is 3.83. The third-order valence-corrected chi connectivity index (χ3v) is 3.54. The Hall–Kier alpha value is -3.09. The molecule has 0 saturated carbocycles. The zero-order valence-corrected chi connectivity index (χ0v) is 12.7. The summed E-state index contributed by atoms with van der Waals surface area (Å²) in [4.78, 5) is 12.8. The van der Waals surface area contributed by atoms with Crippen LogP contribution < -0.4 is 19.6 Å². The summed E-state index contributed by atoms with van der Waals surface area (Å²) in [5, 5.41) is 19.6. The average molecular weight is 318 g/mol. The molecule has 2 N–H and O–H groups in total. The van der Waals surface area contributed by atoms with Crippen LogP contribution in [-0.4, -0.2) is 31.5 Å². The molecule has 0 fully saturated rings. The third-order valence-electron chi connectivity index (χ3n) is 3.54. The van der Waals surface area contributed by atoms with E-state index in [1.165, 1.54) is 33.5 Å². The van der Waals surface area contributed by atoms with E-state index in [4.69, 9.17) is 18.6 Å². The van der Waals surface area contributed by atoms with Crippen LogP contribution in [-0.2, 0) is 0 Å². The Morgan fingerprint density at radius 1 is 0.913 bits per heavy atom. The molecule has 1 heterocycles. The highest BCUT2D eigenvalue weighted by Gasteiger charge is 2.22. The lowest BCUT2D eigenvalue weighted by molar-refractivity contribution is 0.351. The molecule has 1 aromatic heterocycles. The average Bonchev–Trinajstić information content (AvgIpc) is 2.52. The number of phenolic OH excluding ortho intramolecular Hbond substituents is 2. The molecule has 0 bridgehead atoms. The van der Waals surface area contributed by atoms with E-state index < -0.39 is 5.43 Å². The molecule has 0 spiro atoms. The SMILES string of the molecule is COc1cc(OC)c2oc3cc(O)cc(O)c3c(=O)c2c1OC. The maximum Gasteiger partial charge on any atom is 0.208 e. The molecule has 23 heavy (non-hydrogen) atoms. The van der Waals surface area contributed by atoms with E-state index >= 15 is 0 Å². The Labute approximate surface area is 130 Å². The Bertz CT molecular complexity index is 972. The summed E-state index contributed by atoms with van der Waals surface area (Å²) in [7, 11) is 4.25. The van der Waals surface area contributed by atoms with Crippen molar-refractivity contribution in [1.29, 1.82) is 0 Å². The van der Waals surface area contributed by atoms with Crippen LogP contribution >= 0.6 is 0 Å². The maximum absolute atomic E-state index is 12.8. The fraction of sp³-hybridized carbons (Fsp3) is 0.188. The number of ether oxygens (including phenoxy) is 3. The minimum atomic E-state index is -0.521. The van der Waals surface area contributed by atoms with Gasteiger partial charge < -0.3 is 28.8 Å². The van der Waals surface area contributed by atoms with E-state index in [9.17, 15) is 15.0 Å². The molecule has 0 aliphatic rings. The lowest BCUT2D eigenvalue weighted by Crippen LogP contribution is -2.06. The lowest BCUT2D eigenvalue weighted by Gasteiger charge is -2.13. The minimum Gasteiger partial charge on any atom is -0.508 e. The Balaban J connectivity index is 2.63. The first kappa shape index (κ1) is 14.8. The van der Waals surface area contributed by atoms with Crippen LogP contribution in [0.4, 0.5) is 0 Å². The molecule has 2 aromatic carbocycles. The zero-order chi connectivity index (χ0) is 16.7. The number of hydrogen-bond donors (Lipinski definition) is 2. The molecule has 120 valence electrons. The van der Waals surface area contributed by atoms with Crippen molar-refractivity contribution in [3.63, 3.8) is 0 Å². The second-order valence-electron chi connectivity index (χ2n) is 4.79. The van der Waals surface area contributed by atoms with Crippen molar-refractivity contribution in [3.8, 4) is 28.7 Å². The van der Waals surface area contributed by atoms with Crippen molar-refractivity contribution in [3.05, 3.63) is 28.4 Å². The van der Waals surface area contributed by atoms with Crippen LogP contribution in [0.25, 0.3) is 21.9 Å². The van der Waals surface area contributed by atoms with Crippen molar-refractivity contribution in [2.24, 2.45) is 0 Å². The molecule has 0 aliphatic carbocycles. The third kappa shape index (κ3) is 2.09. The highest BCUT2D eigenvalue weighted by Crippen LogP contribution is 2.42. The summed E-state index contributed by atoms with van der Waals surface area (Å²) in [6.45, 7) is 0. The van der Waals surface area contributed by atoms with Gasteiger partial charge in [-0.3, -0.25) is 4.79 Å². The van der Waals surface area contributed by atoms with Gasteiger partial charge in [0.25, 0.3) is 0 Å². The second-order valence-corrected chi connectivity index (χ2v) is 4.79. The fourth-order valence-corrected chi connectivity index (χ4v) is 2.54. The minimum absolute atomic E-state index is 0.0329. The Kier molecular flexibility index (Phi) is 3.40. The number of phenols is 2. The lowest BCUT2D eigenvalue weighted by atomic mass is 10.1. The van der Waals surface area contributed by atoms with Crippen molar-refractivity contribution < 1.29 is 28.8 Å². The standard InChI is InChI=1S/C16H14O7/c1-20-10-6-11(21-2)16-13(15(10)22-3)14(19)12-8(18)4-7(17)5-9(12)23-16/h4-6,17-18H,1-3H3.